The summed E-state index contributed by atoms with van der Waals surface area (Å²) in [6, 6.07) is 27.8. The van der Waals surface area contributed by atoms with Crippen molar-refractivity contribution in [1.82, 2.24) is 10.6 Å². The van der Waals surface area contributed by atoms with Gasteiger partial charge in [-0.2, -0.15) is 0 Å². The summed E-state index contributed by atoms with van der Waals surface area (Å²) in [4.78, 5) is 12.5. The fraction of sp³-hybridized carbons (Fsp3) is 0.0645. The van der Waals surface area contributed by atoms with Gasteiger partial charge in [-0.3, -0.25) is 21.6 Å². The minimum absolute atomic E-state index is 0. The second-order valence-corrected chi connectivity index (χ2v) is 9.14. The smallest absolute Gasteiger partial charge is 0.323 e. The highest BCUT2D eigenvalue weighted by atomic mass is 35.5. The third kappa shape index (κ3) is 8.65. The van der Waals surface area contributed by atoms with E-state index in [0.29, 0.717) is 34.2 Å². The van der Waals surface area contributed by atoms with E-state index in [4.69, 9.17) is 21.6 Å². The molecule has 10 N–H and O–H groups in total. The van der Waals surface area contributed by atoms with Crippen molar-refractivity contribution in [1.29, 1.82) is 21.6 Å². The first-order chi connectivity index (χ1) is 20.2. The second-order valence-electron chi connectivity index (χ2n) is 9.14. The number of anilines is 4. The normalized spacial score (nSPS) is 9.91. The van der Waals surface area contributed by atoms with E-state index in [2.05, 4.69) is 31.9 Å². The van der Waals surface area contributed by atoms with E-state index >= 15 is 0 Å². The van der Waals surface area contributed by atoms with Crippen LogP contribution < -0.4 is 31.9 Å². The first kappa shape index (κ1) is 31.8. The van der Waals surface area contributed by atoms with Crippen molar-refractivity contribution in [2.45, 2.75) is 0 Å². The number of hydrogen-bond donors (Lipinski definition) is 10. The fourth-order valence-electron chi connectivity index (χ4n) is 3.90. The lowest BCUT2D eigenvalue weighted by Gasteiger charge is -2.12. The molecule has 0 aliphatic heterocycles. The Hall–Kier alpha value is -5.68. The van der Waals surface area contributed by atoms with Crippen LogP contribution in [0.15, 0.2) is 97.1 Å². The number of urea groups is 1. The lowest BCUT2D eigenvalue weighted by atomic mass is 10.1. The van der Waals surface area contributed by atoms with Crippen molar-refractivity contribution >= 4 is 64.5 Å². The Morgan fingerprint density at radius 2 is 0.651 bits per heavy atom. The standard InChI is InChI=1S/C31H32N10O.ClH/c1-36-27(32)19-3-11-23(12-4-19)38-29(34)21-7-15-25(16-8-21)40-31(42)41-26-17-9-22(10-18-26)30(35)39-24-13-5-20(6-14-24)28(33)37-2;/h3-18H,1-2H3,(H2,32,36)(H2,33,37)(H2,34,38)(H2,35,39)(H2,40,41,42);1H. The van der Waals surface area contributed by atoms with E-state index in [-0.39, 0.29) is 24.1 Å². The molecular formula is C31H33ClN10O. The van der Waals surface area contributed by atoms with Crippen molar-refractivity contribution in [3.05, 3.63) is 119 Å². The molecule has 12 heteroatoms. The van der Waals surface area contributed by atoms with Crippen LogP contribution in [0.3, 0.4) is 0 Å². The van der Waals surface area contributed by atoms with Gasteiger partial charge in [-0.15, -0.1) is 12.4 Å². The number of benzene rings is 4. The van der Waals surface area contributed by atoms with E-state index in [1.807, 2.05) is 0 Å². The molecule has 0 atom stereocenters. The van der Waals surface area contributed by atoms with Gasteiger partial charge >= 0.3 is 6.03 Å². The Labute approximate surface area is 256 Å². The van der Waals surface area contributed by atoms with Crippen LogP contribution in [0.25, 0.3) is 0 Å². The van der Waals surface area contributed by atoms with Crippen LogP contribution in [0, 0.1) is 21.6 Å². The molecule has 0 unspecified atom stereocenters. The molecule has 43 heavy (non-hydrogen) atoms. The zero-order chi connectivity index (χ0) is 30.1. The summed E-state index contributed by atoms with van der Waals surface area (Å²) < 4.78 is 0. The van der Waals surface area contributed by atoms with Crippen molar-refractivity contribution in [3.8, 4) is 0 Å². The summed E-state index contributed by atoms with van der Waals surface area (Å²) in [7, 11) is 3.39. The van der Waals surface area contributed by atoms with Crippen LogP contribution in [0.4, 0.5) is 27.5 Å². The fourth-order valence-corrected chi connectivity index (χ4v) is 3.90. The number of halogens is 1. The number of rotatable bonds is 8. The maximum atomic E-state index is 12.5. The number of amidine groups is 4. The molecule has 0 bridgehead atoms. The predicted molar refractivity (Wildman–Crippen MR) is 178 cm³/mol. The first-order valence-corrected chi connectivity index (χ1v) is 13.0. The summed E-state index contributed by atoms with van der Waals surface area (Å²) >= 11 is 0. The molecule has 4 rings (SSSR count). The van der Waals surface area contributed by atoms with Crippen molar-refractivity contribution in [3.63, 3.8) is 0 Å². The summed E-state index contributed by atoms with van der Waals surface area (Å²) in [5, 5.41) is 49.5. The molecular weight excluding hydrogens is 564 g/mol. The molecule has 0 aromatic heterocycles. The number of carbonyl (C=O) groups excluding carboxylic acids is 1. The number of carbonyl (C=O) groups is 1. The Morgan fingerprint density at radius 3 is 0.907 bits per heavy atom. The van der Waals surface area contributed by atoms with Crippen LogP contribution in [0.1, 0.15) is 22.3 Å². The molecule has 0 saturated heterocycles. The van der Waals surface area contributed by atoms with Crippen LogP contribution >= 0.6 is 12.4 Å². The summed E-state index contributed by atoms with van der Waals surface area (Å²) in [5.74, 6) is 1.05. The van der Waals surface area contributed by atoms with Gasteiger partial charge in [-0.1, -0.05) is 0 Å². The minimum atomic E-state index is -0.420. The molecule has 0 saturated carbocycles. The highest BCUT2D eigenvalue weighted by Gasteiger charge is 2.08. The van der Waals surface area contributed by atoms with E-state index in [1.54, 1.807) is 111 Å². The second kappa shape index (κ2) is 14.8. The molecule has 0 radical (unpaired) electrons. The number of amides is 2. The molecule has 0 aliphatic rings. The van der Waals surface area contributed by atoms with Gasteiger partial charge < -0.3 is 31.9 Å². The van der Waals surface area contributed by atoms with E-state index in [1.165, 1.54) is 0 Å². The van der Waals surface area contributed by atoms with Gasteiger partial charge in [0.05, 0.1) is 0 Å². The first-order valence-electron chi connectivity index (χ1n) is 13.0. The van der Waals surface area contributed by atoms with Gasteiger partial charge in [-0.05, 0) is 97.1 Å². The predicted octanol–water partition coefficient (Wildman–Crippen LogP) is 5.72. The lowest BCUT2D eigenvalue weighted by Crippen LogP contribution is -2.20. The van der Waals surface area contributed by atoms with Crippen LogP contribution in [-0.2, 0) is 0 Å². The minimum Gasteiger partial charge on any atom is -0.373 e. The van der Waals surface area contributed by atoms with E-state index < -0.39 is 6.03 Å². The molecule has 4 aromatic carbocycles. The summed E-state index contributed by atoms with van der Waals surface area (Å²) in [6.07, 6.45) is 0. The molecule has 0 aliphatic carbocycles. The maximum Gasteiger partial charge on any atom is 0.323 e. The lowest BCUT2D eigenvalue weighted by molar-refractivity contribution is 0.262. The number of hydrogen-bond acceptors (Lipinski definition) is 5. The molecule has 2 amide bonds. The van der Waals surface area contributed by atoms with Crippen molar-refractivity contribution in [2.24, 2.45) is 0 Å². The average molecular weight is 597 g/mol. The van der Waals surface area contributed by atoms with Gasteiger partial charge in [0, 0.05) is 59.1 Å². The van der Waals surface area contributed by atoms with Gasteiger partial charge in [0.2, 0.25) is 0 Å². The molecule has 220 valence electrons. The van der Waals surface area contributed by atoms with Crippen LogP contribution in [-0.4, -0.2) is 43.5 Å². The molecule has 4 aromatic rings. The highest BCUT2D eigenvalue weighted by Crippen LogP contribution is 2.16. The van der Waals surface area contributed by atoms with Gasteiger partial charge in [0.1, 0.15) is 23.3 Å². The van der Waals surface area contributed by atoms with E-state index in [0.717, 1.165) is 22.5 Å². The van der Waals surface area contributed by atoms with Crippen molar-refractivity contribution < 1.29 is 4.79 Å². The monoisotopic (exact) mass is 596 g/mol. The Kier molecular flexibility index (Phi) is 11.0. The van der Waals surface area contributed by atoms with Gasteiger partial charge in [0.15, 0.2) is 0 Å². The largest absolute Gasteiger partial charge is 0.373 e. The molecule has 0 heterocycles. The van der Waals surface area contributed by atoms with Crippen molar-refractivity contribution in [2.75, 3.05) is 35.4 Å². The summed E-state index contributed by atoms with van der Waals surface area (Å²) in [5.41, 5.74) is 5.39. The SMILES string of the molecule is CNC(=N)c1ccc(NC(=N)c2ccc(NC(=O)Nc3ccc(C(=N)Nc4ccc(C(=N)NC)cc4)cc3)cc2)cc1.Cl. The average Bonchev–Trinajstić information content (AvgIpc) is 3.01. The summed E-state index contributed by atoms with van der Waals surface area (Å²) in [6.45, 7) is 0. The Morgan fingerprint density at radius 1 is 0.419 bits per heavy atom. The maximum absolute atomic E-state index is 12.5. The quantitative estimate of drug-likeness (QED) is 0.0919. The third-order valence-corrected chi connectivity index (χ3v) is 6.25. The highest BCUT2D eigenvalue weighted by molar-refractivity contribution is 6.08. The number of nitrogens with one attached hydrogen (secondary N) is 10. The Balaban J connectivity index is 0.00000506. The topological polar surface area (TPSA) is 185 Å². The molecule has 11 nitrogen and oxygen atoms in total. The van der Waals surface area contributed by atoms with Gasteiger partial charge in [0.25, 0.3) is 0 Å². The zero-order valence-electron chi connectivity index (χ0n) is 23.6. The third-order valence-electron chi connectivity index (χ3n) is 6.25. The van der Waals surface area contributed by atoms with Crippen LogP contribution in [0.2, 0.25) is 0 Å². The van der Waals surface area contributed by atoms with Crippen LogP contribution in [0.5, 0.6) is 0 Å². The van der Waals surface area contributed by atoms with Gasteiger partial charge in [-0.25, -0.2) is 4.79 Å². The Bertz CT molecular complexity index is 1480. The molecule has 0 fully saturated rings. The zero-order valence-corrected chi connectivity index (χ0v) is 24.4. The molecule has 0 spiro atoms. The van der Waals surface area contributed by atoms with E-state index in [9.17, 15) is 4.79 Å².